The van der Waals surface area contributed by atoms with Crippen molar-refractivity contribution >= 4 is 17.7 Å². The number of primary amides is 3. The van der Waals surface area contributed by atoms with E-state index in [1.165, 1.54) is 0 Å². The van der Waals surface area contributed by atoms with Gasteiger partial charge in [-0.05, 0) is 72.3 Å². The van der Waals surface area contributed by atoms with Crippen molar-refractivity contribution in [3.63, 3.8) is 0 Å². The van der Waals surface area contributed by atoms with Crippen LogP contribution in [-0.2, 0) is 23.1 Å². The van der Waals surface area contributed by atoms with Gasteiger partial charge in [-0.15, -0.1) is 0 Å². The number of carbonyl (C=O) groups excluding carboxylic acids is 3. The Morgan fingerprint density at radius 3 is 1.59 bits per heavy atom. The van der Waals surface area contributed by atoms with Crippen LogP contribution in [-0.4, -0.2) is 24.3 Å². The molecule has 0 aromatic heterocycles. The van der Waals surface area contributed by atoms with E-state index >= 15 is 0 Å². The van der Waals surface area contributed by atoms with Gasteiger partial charge in [-0.2, -0.15) is 0 Å². The highest BCUT2D eigenvalue weighted by Crippen LogP contribution is 2.42. The molecule has 0 bridgehead atoms. The highest BCUT2D eigenvalue weighted by atomic mass is 16.2. The number of rotatable bonds is 5. The third-order valence-corrected chi connectivity index (χ3v) is 5.30. The van der Waals surface area contributed by atoms with Crippen LogP contribution in [0.1, 0.15) is 49.4 Å². The summed E-state index contributed by atoms with van der Waals surface area (Å²) in [6.07, 6.45) is 1.42. The molecule has 0 fully saturated rings. The van der Waals surface area contributed by atoms with Gasteiger partial charge in [0.05, 0.1) is 0 Å². The molecule has 2 aromatic rings. The first-order chi connectivity index (χ1) is 12.8. The minimum absolute atomic E-state index is 0.233. The summed E-state index contributed by atoms with van der Waals surface area (Å²) >= 11 is 0. The van der Waals surface area contributed by atoms with Gasteiger partial charge >= 0.3 is 0 Å². The molecule has 0 atom stereocenters. The number of fused-ring (bicyclic) bond motifs is 2. The fourth-order valence-corrected chi connectivity index (χ4v) is 4.03. The number of aryl methyl sites for hydroxylation is 2. The Labute approximate surface area is 156 Å². The maximum atomic E-state index is 12.8. The number of nitrogens with two attached hydrogens (primary N) is 4. The number of benzene rings is 2. The second-order valence-electron chi connectivity index (χ2n) is 6.78. The minimum Gasteiger partial charge on any atom is -0.369 e. The van der Waals surface area contributed by atoms with Crippen molar-refractivity contribution < 1.29 is 14.4 Å². The van der Waals surface area contributed by atoms with E-state index in [0.717, 1.165) is 22.3 Å². The fraction of sp³-hybridized carbons (Fsp3) is 0.250. The molecular formula is C20H22N4O3. The maximum absolute atomic E-state index is 12.8. The number of hydrogen-bond donors (Lipinski definition) is 4. The molecule has 27 heavy (non-hydrogen) atoms. The molecule has 7 nitrogen and oxygen atoms in total. The molecular weight excluding hydrogens is 344 g/mol. The topological polar surface area (TPSA) is 155 Å². The molecule has 0 saturated heterocycles. The quantitative estimate of drug-likeness (QED) is 0.592. The molecule has 140 valence electrons. The molecule has 0 spiro atoms. The monoisotopic (exact) mass is 366 g/mol. The van der Waals surface area contributed by atoms with Crippen molar-refractivity contribution in [2.24, 2.45) is 22.9 Å². The van der Waals surface area contributed by atoms with E-state index in [1.807, 2.05) is 0 Å². The van der Waals surface area contributed by atoms with Crippen molar-refractivity contribution in [2.45, 2.75) is 24.7 Å². The average molecular weight is 366 g/mol. The van der Waals surface area contributed by atoms with Crippen LogP contribution >= 0.6 is 0 Å². The Balaban J connectivity index is 2.33. The number of hydrogen-bond acceptors (Lipinski definition) is 4. The molecule has 2 aromatic carbocycles. The van der Waals surface area contributed by atoms with Gasteiger partial charge in [-0.3, -0.25) is 14.4 Å². The van der Waals surface area contributed by atoms with Crippen molar-refractivity contribution in [1.82, 2.24) is 0 Å². The third-order valence-electron chi connectivity index (χ3n) is 5.30. The Morgan fingerprint density at radius 2 is 1.26 bits per heavy atom. The number of carbonyl (C=O) groups is 3. The van der Waals surface area contributed by atoms with Crippen LogP contribution in [0.15, 0.2) is 36.4 Å². The largest absolute Gasteiger partial charge is 0.369 e. The zero-order valence-corrected chi connectivity index (χ0v) is 14.8. The molecule has 0 aliphatic heterocycles. The van der Waals surface area contributed by atoms with Gasteiger partial charge in [0.1, 0.15) is 5.41 Å². The van der Waals surface area contributed by atoms with Crippen LogP contribution < -0.4 is 22.9 Å². The van der Waals surface area contributed by atoms with E-state index in [9.17, 15) is 14.4 Å². The van der Waals surface area contributed by atoms with Crippen LogP contribution in [0.25, 0.3) is 0 Å². The average Bonchev–Trinajstić information content (AvgIpc) is 2.77. The van der Waals surface area contributed by atoms with Crippen molar-refractivity contribution in [2.75, 3.05) is 6.54 Å². The molecule has 0 heterocycles. The molecule has 0 radical (unpaired) electrons. The summed E-state index contributed by atoms with van der Waals surface area (Å²) < 4.78 is 0. The van der Waals surface area contributed by atoms with E-state index < -0.39 is 23.1 Å². The van der Waals surface area contributed by atoms with Crippen molar-refractivity contribution in [3.8, 4) is 0 Å². The first-order valence-electron chi connectivity index (χ1n) is 8.67. The van der Waals surface area contributed by atoms with Crippen molar-refractivity contribution in [3.05, 3.63) is 69.8 Å². The zero-order chi connectivity index (χ0) is 19.8. The van der Waals surface area contributed by atoms with Crippen LogP contribution in [0.2, 0.25) is 0 Å². The van der Waals surface area contributed by atoms with Crippen LogP contribution in [0, 0.1) is 0 Å². The van der Waals surface area contributed by atoms with Gasteiger partial charge in [-0.1, -0.05) is 12.1 Å². The van der Waals surface area contributed by atoms with Crippen LogP contribution in [0.5, 0.6) is 0 Å². The first kappa shape index (κ1) is 18.6. The Kier molecular flexibility index (Phi) is 4.72. The van der Waals surface area contributed by atoms with E-state index in [-0.39, 0.29) is 6.54 Å². The maximum Gasteiger partial charge on any atom is 0.248 e. The van der Waals surface area contributed by atoms with E-state index in [0.29, 0.717) is 30.4 Å². The predicted molar refractivity (Wildman–Crippen MR) is 101 cm³/mol. The highest BCUT2D eigenvalue weighted by molar-refractivity contribution is 5.96. The minimum atomic E-state index is -1.15. The Morgan fingerprint density at radius 1 is 0.815 bits per heavy atom. The molecule has 3 rings (SSSR count). The standard InChI is InChI=1S/C20H22N4O3/c21-8-7-20(19(24)27)15-5-3-13(17(22)25)9-11(15)1-2-12-10-14(18(23)26)4-6-16(12)20/h3-6,9-10H,1-2,7-8,21H2,(H2,22,25)(H2,23,26)(H2,24,27). The summed E-state index contributed by atoms with van der Waals surface area (Å²) in [5, 5.41) is 0. The highest BCUT2D eigenvalue weighted by Gasteiger charge is 2.44. The first-order valence-corrected chi connectivity index (χ1v) is 8.67. The van der Waals surface area contributed by atoms with Gasteiger partial charge in [0.15, 0.2) is 0 Å². The normalized spacial score (nSPS) is 14.6. The summed E-state index contributed by atoms with van der Waals surface area (Å²) in [6.45, 7) is 0.233. The van der Waals surface area contributed by atoms with Gasteiger partial charge < -0.3 is 22.9 Å². The number of amides is 3. The summed E-state index contributed by atoms with van der Waals surface area (Å²) in [4.78, 5) is 35.9. The molecule has 3 amide bonds. The lowest BCUT2D eigenvalue weighted by molar-refractivity contribution is -0.122. The summed E-state index contributed by atoms with van der Waals surface area (Å²) in [5.41, 5.74) is 25.2. The van der Waals surface area contributed by atoms with E-state index in [2.05, 4.69) is 0 Å². The molecule has 0 saturated carbocycles. The fourth-order valence-electron chi connectivity index (χ4n) is 4.03. The lowest BCUT2D eigenvalue weighted by Gasteiger charge is -2.33. The smallest absolute Gasteiger partial charge is 0.248 e. The molecule has 7 heteroatoms. The molecule has 0 unspecified atom stereocenters. The van der Waals surface area contributed by atoms with Crippen LogP contribution in [0.3, 0.4) is 0 Å². The van der Waals surface area contributed by atoms with E-state index in [1.54, 1.807) is 36.4 Å². The van der Waals surface area contributed by atoms with Crippen molar-refractivity contribution in [1.29, 1.82) is 0 Å². The molecule has 8 N–H and O–H groups in total. The lowest BCUT2D eigenvalue weighted by Crippen LogP contribution is -2.44. The van der Waals surface area contributed by atoms with Gasteiger partial charge in [0, 0.05) is 11.1 Å². The van der Waals surface area contributed by atoms with Gasteiger partial charge in [0.25, 0.3) is 0 Å². The lowest BCUT2D eigenvalue weighted by atomic mass is 9.69. The third kappa shape index (κ3) is 2.96. The Bertz CT molecular complexity index is 887. The second kappa shape index (κ2) is 6.85. The summed E-state index contributed by atoms with van der Waals surface area (Å²) in [6, 6.07) is 10.1. The summed E-state index contributed by atoms with van der Waals surface area (Å²) in [7, 11) is 0. The van der Waals surface area contributed by atoms with Gasteiger partial charge in [0.2, 0.25) is 17.7 Å². The van der Waals surface area contributed by atoms with E-state index in [4.69, 9.17) is 22.9 Å². The zero-order valence-electron chi connectivity index (χ0n) is 14.8. The Hall–Kier alpha value is -3.19. The summed E-state index contributed by atoms with van der Waals surface area (Å²) in [5.74, 6) is -1.62. The second-order valence-corrected chi connectivity index (χ2v) is 6.78. The van der Waals surface area contributed by atoms with Gasteiger partial charge in [-0.25, -0.2) is 0 Å². The van der Waals surface area contributed by atoms with Crippen LogP contribution in [0.4, 0.5) is 0 Å². The molecule has 1 aliphatic carbocycles. The molecule has 1 aliphatic rings. The SMILES string of the molecule is NCCC1(C(N)=O)c2ccc(C(N)=O)cc2CCc2cc(C(N)=O)ccc21. The predicted octanol–water partition coefficient (Wildman–Crippen LogP) is 0.103.